The molecule has 1 aliphatic carbocycles. The number of carbonyl (C=O) groups is 1. The summed E-state index contributed by atoms with van der Waals surface area (Å²) in [6.45, 7) is 1.78. The molecule has 0 saturated heterocycles. The second-order valence-corrected chi connectivity index (χ2v) is 6.35. The Morgan fingerprint density at radius 2 is 1.95 bits per heavy atom. The van der Waals surface area contributed by atoms with Gasteiger partial charge in [0, 0.05) is 28.7 Å². The highest BCUT2D eigenvalue weighted by atomic mass is 32.1. The van der Waals surface area contributed by atoms with Gasteiger partial charge in [0.05, 0.1) is 0 Å². The molecule has 0 aromatic carbocycles. The molecule has 0 radical (unpaired) electrons. The summed E-state index contributed by atoms with van der Waals surface area (Å²) in [6.07, 6.45) is 3.12. The summed E-state index contributed by atoms with van der Waals surface area (Å²) >= 11 is 1.25. The zero-order valence-electron chi connectivity index (χ0n) is 11.8. The maximum Gasteiger partial charge on any atom is 0.271 e. The third-order valence-electron chi connectivity index (χ3n) is 3.47. The normalized spacial score (nSPS) is 14.5. The predicted molar refractivity (Wildman–Crippen MR) is 79.4 cm³/mol. The molecular formula is C14H14F2N4OS. The zero-order valence-corrected chi connectivity index (χ0v) is 12.6. The Balaban J connectivity index is 1.74. The van der Waals surface area contributed by atoms with Crippen LogP contribution in [0.4, 0.5) is 19.6 Å². The van der Waals surface area contributed by atoms with Gasteiger partial charge in [0.1, 0.15) is 5.69 Å². The lowest BCUT2D eigenvalue weighted by molar-refractivity contribution is 0.0912. The van der Waals surface area contributed by atoms with Gasteiger partial charge in [-0.05, 0) is 26.2 Å². The molecule has 116 valence electrons. The van der Waals surface area contributed by atoms with E-state index < -0.39 is 11.9 Å². The highest BCUT2D eigenvalue weighted by Gasteiger charge is 2.23. The molecule has 5 nitrogen and oxygen atoms in total. The maximum atomic E-state index is 13.1. The summed E-state index contributed by atoms with van der Waals surface area (Å²) in [7, 11) is 0. The first-order valence-corrected chi connectivity index (χ1v) is 7.71. The van der Waals surface area contributed by atoms with Crippen molar-refractivity contribution in [3.05, 3.63) is 34.6 Å². The predicted octanol–water partition coefficient (Wildman–Crippen LogP) is 3.15. The van der Waals surface area contributed by atoms with E-state index in [1.165, 1.54) is 11.3 Å². The van der Waals surface area contributed by atoms with Crippen molar-refractivity contribution in [3.63, 3.8) is 0 Å². The van der Waals surface area contributed by atoms with Crippen molar-refractivity contribution in [2.45, 2.75) is 32.2 Å². The van der Waals surface area contributed by atoms with E-state index >= 15 is 0 Å². The summed E-state index contributed by atoms with van der Waals surface area (Å²) in [4.78, 5) is 20.1. The number of hydrogen-bond donors (Lipinski definition) is 2. The van der Waals surface area contributed by atoms with E-state index in [1.54, 1.807) is 6.92 Å². The van der Waals surface area contributed by atoms with Gasteiger partial charge in [-0.25, -0.2) is 4.98 Å². The molecule has 1 saturated carbocycles. The van der Waals surface area contributed by atoms with Crippen molar-refractivity contribution in [1.29, 1.82) is 0 Å². The van der Waals surface area contributed by atoms with Crippen LogP contribution in [0.3, 0.4) is 0 Å². The number of nitrogens with one attached hydrogen (secondary N) is 2. The zero-order chi connectivity index (χ0) is 15.7. The lowest BCUT2D eigenvalue weighted by Gasteiger charge is -2.25. The van der Waals surface area contributed by atoms with Gasteiger partial charge in [-0.15, -0.1) is 11.3 Å². The van der Waals surface area contributed by atoms with Crippen LogP contribution in [0.25, 0.3) is 0 Å². The average molecular weight is 324 g/mol. The highest BCUT2D eigenvalue weighted by Crippen LogP contribution is 2.26. The van der Waals surface area contributed by atoms with Crippen LogP contribution in [0.1, 0.15) is 34.6 Å². The van der Waals surface area contributed by atoms with Gasteiger partial charge in [-0.2, -0.15) is 13.8 Å². The first-order chi connectivity index (χ1) is 10.5. The summed E-state index contributed by atoms with van der Waals surface area (Å²) in [5.74, 6) is -2.05. The third-order valence-corrected chi connectivity index (χ3v) is 4.35. The van der Waals surface area contributed by atoms with Crippen LogP contribution in [0, 0.1) is 18.8 Å². The number of aryl methyl sites for hydroxylation is 1. The van der Waals surface area contributed by atoms with Crippen molar-refractivity contribution in [2.75, 3.05) is 5.32 Å². The second-order valence-electron chi connectivity index (χ2n) is 5.15. The number of thiazole rings is 1. The average Bonchev–Trinajstić information content (AvgIpc) is 2.73. The number of hydrogen-bond acceptors (Lipinski definition) is 5. The Morgan fingerprint density at radius 1 is 1.27 bits per heavy atom. The Bertz CT molecular complexity index is 695. The topological polar surface area (TPSA) is 66.9 Å². The molecule has 0 spiro atoms. The molecule has 0 unspecified atom stereocenters. The number of nitrogens with zero attached hydrogens (tertiary/aromatic N) is 2. The molecule has 1 fully saturated rings. The Morgan fingerprint density at radius 3 is 2.55 bits per heavy atom. The summed E-state index contributed by atoms with van der Waals surface area (Å²) in [6, 6.07) is 2.36. The van der Waals surface area contributed by atoms with Gasteiger partial charge in [0.25, 0.3) is 5.91 Å². The molecule has 0 bridgehead atoms. The van der Waals surface area contributed by atoms with E-state index in [9.17, 15) is 13.6 Å². The Labute approximate surface area is 129 Å². The molecule has 0 aliphatic heterocycles. The molecular weight excluding hydrogens is 310 g/mol. The minimum atomic E-state index is -0.918. The lowest BCUT2D eigenvalue weighted by Crippen LogP contribution is -2.39. The van der Waals surface area contributed by atoms with E-state index in [4.69, 9.17) is 0 Å². The van der Waals surface area contributed by atoms with Crippen LogP contribution in [-0.4, -0.2) is 21.9 Å². The number of pyridine rings is 1. The van der Waals surface area contributed by atoms with Crippen molar-refractivity contribution < 1.29 is 13.6 Å². The molecule has 3 rings (SSSR count). The van der Waals surface area contributed by atoms with E-state index in [2.05, 4.69) is 20.6 Å². The fraction of sp³-hybridized carbons (Fsp3) is 0.357. The van der Waals surface area contributed by atoms with Crippen LogP contribution < -0.4 is 10.6 Å². The minimum absolute atomic E-state index is 0.199. The fourth-order valence-corrected chi connectivity index (χ4v) is 2.96. The van der Waals surface area contributed by atoms with Gasteiger partial charge in [-0.3, -0.25) is 4.79 Å². The number of aromatic nitrogens is 2. The molecule has 2 N–H and O–H groups in total. The first kappa shape index (κ1) is 14.8. The standard InChI is InChI=1S/C14H14F2N4OS/c1-7-12(13(21)17-8-3-2-4-8)20-14(22-7)18-9-5-10(15)19-11(16)6-9/h5-6,8H,2-4H2,1H3,(H,17,21)(H,18,19,20). The van der Waals surface area contributed by atoms with Crippen LogP contribution in [0.15, 0.2) is 12.1 Å². The molecule has 2 aromatic heterocycles. The molecule has 1 aliphatic rings. The quantitative estimate of drug-likeness (QED) is 0.848. The van der Waals surface area contributed by atoms with Gasteiger partial charge in [0.15, 0.2) is 5.13 Å². The monoisotopic (exact) mass is 324 g/mol. The number of carbonyl (C=O) groups excluding carboxylic acids is 1. The third kappa shape index (κ3) is 3.22. The van der Waals surface area contributed by atoms with Crippen molar-refractivity contribution in [2.24, 2.45) is 0 Å². The van der Waals surface area contributed by atoms with Gasteiger partial charge >= 0.3 is 0 Å². The van der Waals surface area contributed by atoms with Crippen LogP contribution in [-0.2, 0) is 0 Å². The number of rotatable bonds is 4. The van der Waals surface area contributed by atoms with Gasteiger partial charge in [-0.1, -0.05) is 0 Å². The first-order valence-electron chi connectivity index (χ1n) is 6.89. The summed E-state index contributed by atoms with van der Waals surface area (Å²) < 4.78 is 26.1. The van der Waals surface area contributed by atoms with Crippen LogP contribution in [0.2, 0.25) is 0 Å². The molecule has 8 heteroatoms. The van der Waals surface area contributed by atoms with Gasteiger partial charge in [0.2, 0.25) is 11.9 Å². The van der Waals surface area contributed by atoms with Gasteiger partial charge < -0.3 is 10.6 Å². The van der Waals surface area contributed by atoms with Crippen molar-refractivity contribution in [3.8, 4) is 0 Å². The SMILES string of the molecule is Cc1sc(Nc2cc(F)nc(F)c2)nc1C(=O)NC1CCC1. The smallest absolute Gasteiger partial charge is 0.271 e. The summed E-state index contributed by atoms with van der Waals surface area (Å²) in [5.41, 5.74) is 0.541. The largest absolute Gasteiger partial charge is 0.348 e. The fourth-order valence-electron chi connectivity index (χ4n) is 2.13. The molecule has 1 amide bonds. The van der Waals surface area contributed by atoms with E-state index in [-0.39, 0.29) is 17.6 Å². The Kier molecular flexibility index (Phi) is 4.02. The number of anilines is 2. The van der Waals surface area contributed by atoms with E-state index in [1.807, 2.05) is 0 Å². The second kappa shape index (κ2) is 5.96. The lowest BCUT2D eigenvalue weighted by atomic mass is 9.93. The highest BCUT2D eigenvalue weighted by molar-refractivity contribution is 7.15. The molecule has 2 heterocycles. The van der Waals surface area contributed by atoms with E-state index in [0.717, 1.165) is 36.3 Å². The number of halogens is 2. The maximum absolute atomic E-state index is 13.1. The van der Waals surface area contributed by atoms with Crippen molar-refractivity contribution in [1.82, 2.24) is 15.3 Å². The summed E-state index contributed by atoms with van der Waals surface area (Å²) in [5, 5.41) is 6.11. The Hall–Kier alpha value is -2.09. The molecule has 0 atom stereocenters. The van der Waals surface area contributed by atoms with Crippen LogP contribution >= 0.6 is 11.3 Å². The van der Waals surface area contributed by atoms with E-state index in [0.29, 0.717) is 10.8 Å². The molecule has 22 heavy (non-hydrogen) atoms. The molecule has 2 aromatic rings. The minimum Gasteiger partial charge on any atom is -0.348 e. The van der Waals surface area contributed by atoms with Crippen molar-refractivity contribution >= 4 is 28.1 Å². The van der Waals surface area contributed by atoms with Crippen LogP contribution in [0.5, 0.6) is 0 Å². The number of amides is 1.